The first-order chi connectivity index (χ1) is 16.6. The summed E-state index contributed by atoms with van der Waals surface area (Å²) in [6.07, 6.45) is 4.56. The van der Waals surface area contributed by atoms with Gasteiger partial charge in [0.25, 0.3) is 0 Å². The van der Waals surface area contributed by atoms with Gasteiger partial charge in [0.15, 0.2) is 10.7 Å². The van der Waals surface area contributed by atoms with Crippen molar-refractivity contribution in [2.24, 2.45) is 5.92 Å². The standard InChI is InChI=1S/C26H28ClN3O4S/c1-17-6-9-20(10-7-17)11-13-24-25(19(3)29-34-24)35(32,33)30-14-4-5-21(16-30)26(31)28-23-12-8-18(2)15-22(23)27/h6-13,15,21H,4-5,14,16H2,1-3H3,(H,28,31)/b13-11+/t21-/m0/s1. The smallest absolute Gasteiger partial charge is 0.248 e. The van der Waals surface area contributed by atoms with E-state index in [9.17, 15) is 13.2 Å². The van der Waals surface area contributed by atoms with Crippen LogP contribution in [0.5, 0.6) is 0 Å². The average Bonchev–Trinajstić information content (AvgIpc) is 3.21. The molecule has 1 N–H and O–H groups in total. The number of halogens is 1. The number of benzene rings is 2. The lowest BCUT2D eigenvalue weighted by Gasteiger charge is -2.31. The van der Waals surface area contributed by atoms with Crippen LogP contribution in [0, 0.1) is 26.7 Å². The summed E-state index contributed by atoms with van der Waals surface area (Å²) in [6, 6.07) is 13.2. The van der Waals surface area contributed by atoms with Crippen molar-refractivity contribution in [1.29, 1.82) is 0 Å². The van der Waals surface area contributed by atoms with Crippen molar-refractivity contribution >= 4 is 45.4 Å². The number of nitrogens with zero attached hydrogens (tertiary/aromatic N) is 2. The van der Waals surface area contributed by atoms with Crippen LogP contribution in [-0.4, -0.2) is 36.9 Å². The lowest BCUT2D eigenvalue weighted by Crippen LogP contribution is -2.43. The third kappa shape index (κ3) is 5.66. The monoisotopic (exact) mass is 513 g/mol. The Kier molecular flexibility index (Phi) is 7.44. The number of aryl methyl sites for hydroxylation is 3. The molecule has 4 rings (SSSR count). The van der Waals surface area contributed by atoms with Crippen molar-refractivity contribution in [2.75, 3.05) is 18.4 Å². The number of rotatable bonds is 6. The lowest BCUT2D eigenvalue weighted by atomic mass is 9.98. The summed E-state index contributed by atoms with van der Waals surface area (Å²) in [6.45, 7) is 5.91. The molecular formula is C26H28ClN3O4S. The summed E-state index contributed by atoms with van der Waals surface area (Å²) in [5.74, 6) is -0.583. The highest BCUT2D eigenvalue weighted by Gasteiger charge is 2.37. The zero-order chi connectivity index (χ0) is 25.2. The Balaban J connectivity index is 1.53. The minimum absolute atomic E-state index is 0.0310. The molecule has 0 aliphatic carbocycles. The normalized spacial score (nSPS) is 17.1. The molecule has 1 aromatic heterocycles. The number of anilines is 1. The second-order valence-electron chi connectivity index (χ2n) is 8.88. The second-order valence-corrected chi connectivity index (χ2v) is 11.2. The van der Waals surface area contributed by atoms with Crippen LogP contribution in [0.15, 0.2) is 51.9 Å². The fraction of sp³-hybridized carbons (Fsp3) is 0.308. The first kappa shape index (κ1) is 25.2. The van der Waals surface area contributed by atoms with E-state index in [2.05, 4.69) is 10.5 Å². The van der Waals surface area contributed by atoms with Crippen molar-refractivity contribution < 1.29 is 17.7 Å². The van der Waals surface area contributed by atoms with Crippen molar-refractivity contribution in [1.82, 2.24) is 9.46 Å². The largest absolute Gasteiger partial charge is 0.355 e. The predicted molar refractivity (Wildman–Crippen MR) is 138 cm³/mol. The third-order valence-corrected chi connectivity index (χ3v) is 8.41. The maximum Gasteiger partial charge on any atom is 0.248 e. The van der Waals surface area contributed by atoms with Crippen LogP contribution >= 0.6 is 11.6 Å². The summed E-state index contributed by atoms with van der Waals surface area (Å²) in [7, 11) is -3.92. The number of carbonyl (C=O) groups is 1. The van der Waals surface area contributed by atoms with Crippen LogP contribution in [0.2, 0.25) is 5.02 Å². The fourth-order valence-electron chi connectivity index (χ4n) is 4.11. The molecule has 0 unspecified atom stereocenters. The van der Waals surface area contributed by atoms with Gasteiger partial charge in [-0.1, -0.05) is 58.7 Å². The predicted octanol–water partition coefficient (Wildman–Crippen LogP) is 5.46. The molecule has 1 atom stereocenters. The van der Waals surface area contributed by atoms with Gasteiger partial charge in [-0.2, -0.15) is 4.31 Å². The molecular weight excluding hydrogens is 486 g/mol. The number of sulfonamides is 1. The van der Waals surface area contributed by atoms with E-state index in [4.69, 9.17) is 16.1 Å². The zero-order valence-electron chi connectivity index (χ0n) is 19.9. The Morgan fingerprint density at radius 3 is 2.54 bits per heavy atom. The van der Waals surface area contributed by atoms with Gasteiger partial charge in [0.05, 0.1) is 16.6 Å². The van der Waals surface area contributed by atoms with Crippen LogP contribution in [0.25, 0.3) is 12.2 Å². The minimum Gasteiger partial charge on any atom is -0.355 e. The third-order valence-electron chi connectivity index (χ3n) is 6.07. The summed E-state index contributed by atoms with van der Waals surface area (Å²) >= 11 is 6.25. The average molecular weight is 514 g/mol. The minimum atomic E-state index is -3.92. The molecule has 184 valence electrons. The van der Waals surface area contributed by atoms with Gasteiger partial charge in [0.2, 0.25) is 15.9 Å². The summed E-state index contributed by atoms with van der Waals surface area (Å²) in [5, 5.41) is 7.20. The van der Waals surface area contributed by atoms with E-state index in [1.807, 2.05) is 44.2 Å². The van der Waals surface area contributed by atoms with Gasteiger partial charge in [0.1, 0.15) is 5.69 Å². The molecule has 1 amide bonds. The number of piperidine rings is 1. The SMILES string of the molecule is Cc1ccc(/C=C/c2onc(C)c2S(=O)(=O)N2CCC[C@H](C(=O)Nc3ccc(C)cc3Cl)C2)cc1. The topological polar surface area (TPSA) is 92.5 Å². The molecule has 9 heteroatoms. The van der Waals surface area contributed by atoms with Crippen LogP contribution in [-0.2, 0) is 14.8 Å². The Morgan fingerprint density at radius 1 is 1.11 bits per heavy atom. The molecule has 3 aromatic rings. The molecule has 2 aromatic carbocycles. The van der Waals surface area contributed by atoms with Crippen LogP contribution in [0.1, 0.15) is 41.0 Å². The first-order valence-electron chi connectivity index (χ1n) is 11.4. The Bertz CT molecular complexity index is 1360. The number of nitrogens with one attached hydrogen (secondary N) is 1. The van der Waals surface area contributed by atoms with Crippen molar-refractivity contribution in [3.05, 3.63) is 75.6 Å². The zero-order valence-corrected chi connectivity index (χ0v) is 21.5. The molecule has 7 nitrogen and oxygen atoms in total. The molecule has 2 heterocycles. The van der Waals surface area contributed by atoms with Crippen LogP contribution in [0.3, 0.4) is 0 Å². The maximum absolute atomic E-state index is 13.6. The van der Waals surface area contributed by atoms with Gasteiger partial charge in [0, 0.05) is 13.1 Å². The van der Waals surface area contributed by atoms with E-state index in [0.717, 1.165) is 16.7 Å². The lowest BCUT2D eigenvalue weighted by molar-refractivity contribution is -0.120. The highest BCUT2D eigenvalue weighted by Crippen LogP contribution is 2.30. The van der Waals surface area contributed by atoms with Gasteiger partial charge in [-0.15, -0.1) is 0 Å². The van der Waals surface area contributed by atoms with E-state index < -0.39 is 15.9 Å². The van der Waals surface area contributed by atoms with Crippen molar-refractivity contribution in [3.63, 3.8) is 0 Å². The van der Waals surface area contributed by atoms with Gasteiger partial charge >= 0.3 is 0 Å². The van der Waals surface area contributed by atoms with E-state index in [-0.39, 0.29) is 28.8 Å². The molecule has 0 spiro atoms. The Labute approximate surface area is 210 Å². The summed E-state index contributed by atoms with van der Waals surface area (Å²) < 4.78 is 33.9. The van der Waals surface area contributed by atoms with Crippen LogP contribution in [0.4, 0.5) is 5.69 Å². The van der Waals surface area contributed by atoms with Gasteiger partial charge in [-0.3, -0.25) is 4.79 Å². The van der Waals surface area contributed by atoms with E-state index in [1.54, 1.807) is 31.2 Å². The van der Waals surface area contributed by atoms with E-state index in [1.165, 1.54) is 4.31 Å². The molecule has 0 saturated carbocycles. The molecule has 35 heavy (non-hydrogen) atoms. The quantitative estimate of drug-likeness (QED) is 0.472. The fourth-order valence-corrected chi connectivity index (χ4v) is 6.16. The van der Waals surface area contributed by atoms with Gasteiger partial charge in [-0.05, 0) is 62.9 Å². The number of hydrogen-bond donors (Lipinski definition) is 1. The van der Waals surface area contributed by atoms with E-state index in [0.29, 0.717) is 30.1 Å². The first-order valence-corrected chi connectivity index (χ1v) is 13.2. The maximum atomic E-state index is 13.6. The number of hydrogen-bond acceptors (Lipinski definition) is 5. The molecule has 0 radical (unpaired) electrons. The summed E-state index contributed by atoms with van der Waals surface area (Å²) in [4.78, 5) is 13.0. The summed E-state index contributed by atoms with van der Waals surface area (Å²) in [5.41, 5.74) is 3.83. The Morgan fingerprint density at radius 2 is 1.83 bits per heavy atom. The molecule has 1 aliphatic rings. The molecule has 1 aliphatic heterocycles. The molecule has 1 fully saturated rings. The molecule has 0 bridgehead atoms. The number of aromatic nitrogens is 1. The Hall–Kier alpha value is -2.94. The highest BCUT2D eigenvalue weighted by molar-refractivity contribution is 7.89. The van der Waals surface area contributed by atoms with Crippen molar-refractivity contribution in [3.8, 4) is 0 Å². The number of amides is 1. The number of carbonyl (C=O) groups excluding carboxylic acids is 1. The van der Waals surface area contributed by atoms with Crippen LogP contribution < -0.4 is 5.32 Å². The van der Waals surface area contributed by atoms with Crippen molar-refractivity contribution in [2.45, 2.75) is 38.5 Å². The van der Waals surface area contributed by atoms with Gasteiger partial charge in [-0.25, -0.2) is 8.42 Å². The van der Waals surface area contributed by atoms with E-state index >= 15 is 0 Å². The molecule has 1 saturated heterocycles. The van der Waals surface area contributed by atoms with Gasteiger partial charge < -0.3 is 9.84 Å². The highest BCUT2D eigenvalue weighted by atomic mass is 35.5. The second kappa shape index (κ2) is 10.4.